The maximum absolute atomic E-state index is 9.90. The van der Waals surface area contributed by atoms with Gasteiger partial charge >= 0.3 is 0 Å². The third-order valence-corrected chi connectivity index (χ3v) is 4.76. The molecule has 1 saturated heterocycles. The summed E-state index contributed by atoms with van der Waals surface area (Å²) >= 11 is 0. The van der Waals surface area contributed by atoms with E-state index in [2.05, 4.69) is 9.55 Å². The number of ether oxygens (including phenoxy) is 1. The second-order valence-electron chi connectivity index (χ2n) is 6.40. The first-order chi connectivity index (χ1) is 12.7. The number of aliphatic hydroxyl groups excluding tert-OH is 1. The number of aromatic nitrogens is 2. The van der Waals surface area contributed by atoms with Crippen LogP contribution in [-0.2, 0) is 16.1 Å². The van der Waals surface area contributed by atoms with Crippen LogP contribution >= 0.6 is 0 Å². The minimum atomic E-state index is -0.250. The summed E-state index contributed by atoms with van der Waals surface area (Å²) in [5.74, 6) is 1.57. The van der Waals surface area contributed by atoms with Crippen molar-refractivity contribution in [2.45, 2.75) is 19.4 Å². The van der Waals surface area contributed by atoms with Crippen molar-refractivity contribution >= 4 is 17.4 Å². The fourth-order valence-electron chi connectivity index (χ4n) is 3.29. The van der Waals surface area contributed by atoms with Gasteiger partial charge in [-0.1, -0.05) is 18.2 Å². The van der Waals surface area contributed by atoms with Crippen molar-refractivity contribution in [1.29, 1.82) is 0 Å². The van der Waals surface area contributed by atoms with E-state index < -0.39 is 0 Å². The third-order valence-electron chi connectivity index (χ3n) is 4.76. The van der Waals surface area contributed by atoms with Crippen molar-refractivity contribution < 1.29 is 24.2 Å². The molecule has 26 heavy (non-hydrogen) atoms. The molecule has 0 spiro atoms. The van der Waals surface area contributed by atoms with E-state index in [1.54, 1.807) is 6.20 Å². The van der Waals surface area contributed by atoms with Crippen LogP contribution in [0.1, 0.15) is 12.8 Å². The number of para-hydroxylation sites is 1. The lowest BCUT2D eigenvalue weighted by Gasteiger charge is -2.36. The monoisotopic (exact) mass is 358 g/mol. The lowest BCUT2D eigenvalue weighted by molar-refractivity contribution is -0.122. The molecule has 0 atom stereocenters. The first-order valence-electron chi connectivity index (χ1n) is 8.48. The summed E-state index contributed by atoms with van der Waals surface area (Å²) in [7, 11) is 0. The number of imidazole rings is 1. The van der Waals surface area contributed by atoms with E-state index in [1.165, 1.54) is 0 Å². The van der Waals surface area contributed by atoms with Crippen LogP contribution in [-0.4, -0.2) is 46.1 Å². The van der Waals surface area contributed by atoms with Gasteiger partial charge in [-0.3, -0.25) is 4.79 Å². The van der Waals surface area contributed by atoms with Crippen LogP contribution in [0.15, 0.2) is 47.1 Å². The summed E-state index contributed by atoms with van der Waals surface area (Å²) in [6, 6.07) is 9.97. The number of carbonyl (C=O) groups is 1. The molecule has 0 unspecified atom stereocenters. The van der Waals surface area contributed by atoms with Crippen molar-refractivity contribution in [1.82, 2.24) is 9.55 Å². The van der Waals surface area contributed by atoms with Crippen molar-refractivity contribution in [2.24, 2.45) is 5.41 Å². The zero-order valence-electron chi connectivity index (χ0n) is 14.4. The molecule has 7 nitrogen and oxygen atoms in total. The van der Waals surface area contributed by atoms with Gasteiger partial charge in [0.25, 0.3) is 6.47 Å². The normalized spacial score (nSPS) is 16.0. The van der Waals surface area contributed by atoms with Crippen LogP contribution in [0.3, 0.4) is 0 Å². The minimum Gasteiger partial charge on any atom is -0.483 e. The molecule has 1 fully saturated rings. The number of rotatable bonds is 4. The van der Waals surface area contributed by atoms with Gasteiger partial charge in [0.15, 0.2) is 11.6 Å². The molecule has 1 aromatic carbocycles. The van der Waals surface area contributed by atoms with Crippen molar-refractivity contribution in [2.75, 3.05) is 19.8 Å². The summed E-state index contributed by atoms with van der Waals surface area (Å²) < 4.78 is 13.5. The Morgan fingerprint density at radius 1 is 1.27 bits per heavy atom. The van der Waals surface area contributed by atoms with E-state index >= 15 is 0 Å². The van der Waals surface area contributed by atoms with E-state index in [0.717, 1.165) is 41.9 Å². The highest BCUT2D eigenvalue weighted by molar-refractivity contribution is 5.81. The van der Waals surface area contributed by atoms with Crippen LogP contribution in [0.4, 0.5) is 0 Å². The zero-order chi connectivity index (χ0) is 18.4. The number of hydrogen-bond donors (Lipinski definition) is 2. The standard InChI is InChI=1S/C18H20N2O3.CH2O2/c21-13-18(5-9-22-10-6-18)12-20-8-7-19-17(20)16-11-14-3-1-2-4-15(14)23-16;2-1-3/h1-4,7-8,11,21H,5-6,9-10,12-13H2;1H,(H,2,3). The van der Waals surface area contributed by atoms with Crippen LogP contribution in [0, 0.1) is 5.41 Å². The zero-order valence-corrected chi connectivity index (χ0v) is 14.4. The lowest BCUT2D eigenvalue weighted by atomic mass is 9.81. The molecule has 1 aliphatic heterocycles. The first kappa shape index (κ1) is 18.2. The molecular formula is C19H22N2O5. The lowest BCUT2D eigenvalue weighted by Crippen LogP contribution is -2.37. The number of carboxylic acid groups (broad SMARTS) is 1. The van der Waals surface area contributed by atoms with Crippen LogP contribution in [0.2, 0.25) is 0 Å². The molecule has 0 aliphatic carbocycles. The Morgan fingerprint density at radius 2 is 2.00 bits per heavy atom. The van der Waals surface area contributed by atoms with Gasteiger partial charge < -0.3 is 23.9 Å². The van der Waals surface area contributed by atoms with Gasteiger partial charge in [-0.2, -0.15) is 0 Å². The topological polar surface area (TPSA) is 97.7 Å². The number of hydrogen-bond acceptors (Lipinski definition) is 5. The van der Waals surface area contributed by atoms with E-state index in [-0.39, 0.29) is 18.5 Å². The SMILES string of the molecule is O=CO.OCC1(Cn2ccnc2-c2cc3ccccc3o2)CCOCC1. The fraction of sp³-hybridized carbons (Fsp3) is 0.368. The van der Waals surface area contributed by atoms with Crippen molar-refractivity contribution in [3.05, 3.63) is 42.7 Å². The minimum absolute atomic E-state index is 0.139. The second-order valence-corrected chi connectivity index (χ2v) is 6.40. The number of benzene rings is 1. The number of fused-ring (bicyclic) bond motifs is 1. The van der Waals surface area contributed by atoms with Crippen LogP contribution in [0.5, 0.6) is 0 Å². The summed E-state index contributed by atoms with van der Waals surface area (Å²) in [6.07, 6.45) is 5.46. The van der Waals surface area contributed by atoms with Gasteiger partial charge in [0.1, 0.15) is 5.58 Å². The van der Waals surface area contributed by atoms with Crippen molar-refractivity contribution in [3.8, 4) is 11.6 Å². The Hall–Kier alpha value is -2.64. The fourth-order valence-corrected chi connectivity index (χ4v) is 3.29. The van der Waals surface area contributed by atoms with E-state index in [4.69, 9.17) is 19.1 Å². The third kappa shape index (κ3) is 3.79. The molecule has 4 rings (SSSR count). The predicted molar refractivity (Wildman–Crippen MR) is 95.7 cm³/mol. The van der Waals surface area contributed by atoms with Crippen LogP contribution < -0.4 is 0 Å². The molecule has 3 heterocycles. The van der Waals surface area contributed by atoms with Gasteiger partial charge in [0.05, 0.1) is 6.61 Å². The molecule has 0 bridgehead atoms. The quantitative estimate of drug-likeness (QED) is 0.696. The molecule has 0 amide bonds. The molecule has 0 saturated carbocycles. The van der Waals surface area contributed by atoms with Gasteiger partial charge in [0.2, 0.25) is 0 Å². The molecule has 2 N–H and O–H groups in total. The molecule has 3 aromatic rings. The maximum atomic E-state index is 9.90. The highest BCUT2D eigenvalue weighted by Crippen LogP contribution is 2.34. The smallest absolute Gasteiger partial charge is 0.290 e. The molecule has 1 aliphatic rings. The average Bonchev–Trinajstić information content (AvgIpc) is 3.29. The number of aliphatic hydroxyl groups is 1. The number of nitrogens with zero attached hydrogens (tertiary/aromatic N) is 2. The van der Waals surface area contributed by atoms with Crippen molar-refractivity contribution in [3.63, 3.8) is 0 Å². The summed E-state index contributed by atoms with van der Waals surface area (Å²) in [6.45, 7) is 2.04. The first-order valence-corrected chi connectivity index (χ1v) is 8.48. The van der Waals surface area contributed by atoms with Crippen LogP contribution in [0.25, 0.3) is 22.6 Å². The summed E-state index contributed by atoms with van der Waals surface area (Å²) in [4.78, 5) is 12.8. The predicted octanol–water partition coefficient (Wildman–Crippen LogP) is 2.79. The Balaban J connectivity index is 0.000000613. The largest absolute Gasteiger partial charge is 0.483 e. The molecule has 0 radical (unpaired) electrons. The Kier molecular flexibility index (Phi) is 5.70. The van der Waals surface area contributed by atoms with E-state index in [0.29, 0.717) is 13.2 Å². The Morgan fingerprint density at radius 3 is 2.69 bits per heavy atom. The van der Waals surface area contributed by atoms with Gasteiger partial charge in [0, 0.05) is 43.0 Å². The average molecular weight is 358 g/mol. The maximum Gasteiger partial charge on any atom is 0.290 e. The number of furan rings is 1. The van der Waals surface area contributed by atoms with Gasteiger partial charge in [-0.05, 0) is 25.0 Å². The molecular weight excluding hydrogens is 336 g/mol. The highest BCUT2D eigenvalue weighted by Gasteiger charge is 2.33. The summed E-state index contributed by atoms with van der Waals surface area (Å²) in [5.41, 5.74) is 0.722. The Labute approximate surface area is 150 Å². The molecule has 138 valence electrons. The van der Waals surface area contributed by atoms with Gasteiger partial charge in [-0.15, -0.1) is 0 Å². The van der Waals surface area contributed by atoms with E-state index in [9.17, 15) is 5.11 Å². The second kappa shape index (κ2) is 8.16. The summed E-state index contributed by atoms with van der Waals surface area (Å²) in [5, 5.41) is 17.9. The molecule has 2 aromatic heterocycles. The van der Waals surface area contributed by atoms with E-state index in [1.807, 2.05) is 36.5 Å². The van der Waals surface area contributed by atoms with Gasteiger partial charge in [-0.25, -0.2) is 4.98 Å². The Bertz CT molecular complexity index is 815. The molecule has 7 heteroatoms. The highest BCUT2D eigenvalue weighted by atomic mass is 16.5.